The lowest BCUT2D eigenvalue weighted by molar-refractivity contribution is 0.807. The van der Waals surface area contributed by atoms with Gasteiger partial charge in [-0.1, -0.05) is 53.4 Å². The highest BCUT2D eigenvalue weighted by Crippen LogP contribution is 1.78. The van der Waals surface area contributed by atoms with Crippen LogP contribution in [-0.4, -0.2) is 31.7 Å². The average molecular weight is 311 g/mol. The van der Waals surface area contributed by atoms with E-state index in [2.05, 4.69) is 27.7 Å². The van der Waals surface area contributed by atoms with Crippen LogP contribution in [0.2, 0.25) is 0 Å². The van der Waals surface area contributed by atoms with Crippen molar-refractivity contribution in [3.05, 3.63) is 0 Å². The van der Waals surface area contributed by atoms with Crippen LogP contribution in [-0.2, 0) is 0 Å². The largest absolute Gasteiger partial charge is 0.412 e. The van der Waals surface area contributed by atoms with E-state index in [-0.39, 0.29) is 5.48 Å². The Balaban J connectivity index is -0.0000000533. The summed E-state index contributed by atoms with van der Waals surface area (Å²) in [7, 11) is 0. The minimum absolute atomic E-state index is 0. The van der Waals surface area contributed by atoms with Crippen LogP contribution in [0.15, 0.2) is 0 Å². The van der Waals surface area contributed by atoms with Crippen LogP contribution in [0.5, 0.6) is 0 Å². The molecule has 0 radical (unpaired) electrons. The van der Waals surface area contributed by atoms with Crippen LogP contribution in [0, 0.1) is 0 Å². The minimum atomic E-state index is 0. The molecule has 0 amide bonds. The molecular weight excluding hydrogens is 264 g/mol. The van der Waals surface area contributed by atoms with Gasteiger partial charge in [0.25, 0.3) is 0 Å². The van der Waals surface area contributed by atoms with Gasteiger partial charge in [0.1, 0.15) is 0 Å². The normalized spacial score (nSPS) is 8.00. The maximum Gasteiger partial charge on any atom is -0.00774 e. The van der Waals surface area contributed by atoms with E-state index in [1.54, 1.807) is 0 Å². The third-order valence-electron chi connectivity index (χ3n) is 2.23. The zero-order valence-corrected chi connectivity index (χ0v) is 15.3. The second kappa shape index (κ2) is 50.3. The molecule has 0 heterocycles. The van der Waals surface area contributed by atoms with Gasteiger partial charge in [-0.3, -0.25) is 0 Å². The molecule has 21 heavy (non-hydrogen) atoms. The van der Waals surface area contributed by atoms with Crippen LogP contribution in [0.1, 0.15) is 79.1 Å². The highest BCUT2D eigenvalue weighted by atomic mass is 16.0. The van der Waals surface area contributed by atoms with Gasteiger partial charge in [-0.05, 0) is 51.9 Å². The second-order valence-corrected chi connectivity index (χ2v) is 4.57. The van der Waals surface area contributed by atoms with Crippen molar-refractivity contribution in [2.75, 3.05) is 26.2 Å². The molecule has 136 valence electrons. The molecule has 0 aliphatic carbocycles. The lowest BCUT2D eigenvalue weighted by atomic mass is 10.3. The third-order valence-corrected chi connectivity index (χ3v) is 2.23. The topological polar surface area (TPSA) is 136 Å². The molecule has 0 aromatic carbocycles. The van der Waals surface area contributed by atoms with E-state index in [0.717, 1.165) is 26.2 Å². The number of hydrogen-bond acceptors (Lipinski definition) is 4. The van der Waals surface area contributed by atoms with Crippen molar-refractivity contribution >= 4 is 0 Å². The van der Waals surface area contributed by atoms with Gasteiger partial charge in [0.05, 0.1) is 0 Å². The van der Waals surface area contributed by atoms with E-state index >= 15 is 0 Å². The monoisotopic (exact) mass is 310 g/mol. The lowest BCUT2D eigenvalue weighted by Gasteiger charge is -1.80. The predicted molar refractivity (Wildman–Crippen MR) is 99.5 cm³/mol. The van der Waals surface area contributed by atoms with Crippen LogP contribution >= 0.6 is 0 Å². The molecule has 0 fully saturated rings. The van der Waals surface area contributed by atoms with Gasteiger partial charge in [0.15, 0.2) is 0 Å². The molecule has 0 rings (SSSR count). The summed E-state index contributed by atoms with van der Waals surface area (Å²) in [5, 5.41) is 0. The number of hydrogen-bond donors (Lipinski definition) is 4. The molecular formula is C16H46N4O. The molecule has 0 aromatic heterocycles. The summed E-state index contributed by atoms with van der Waals surface area (Å²) in [6.45, 7) is 11.9. The van der Waals surface area contributed by atoms with E-state index in [0.29, 0.717) is 0 Å². The summed E-state index contributed by atoms with van der Waals surface area (Å²) in [5.41, 5.74) is 20.6. The summed E-state index contributed by atoms with van der Waals surface area (Å²) in [6, 6.07) is 0. The molecule has 0 bridgehead atoms. The maximum absolute atomic E-state index is 5.14. The second-order valence-electron chi connectivity index (χ2n) is 4.57. The van der Waals surface area contributed by atoms with E-state index < -0.39 is 0 Å². The van der Waals surface area contributed by atoms with E-state index in [4.69, 9.17) is 22.9 Å². The number of nitrogens with two attached hydrogens (primary N) is 4. The maximum atomic E-state index is 5.14. The summed E-state index contributed by atoms with van der Waals surface area (Å²) in [4.78, 5) is 0. The van der Waals surface area contributed by atoms with Crippen molar-refractivity contribution in [2.45, 2.75) is 79.1 Å². The standard InChI is InChI=1S/4C4H11N.H2O/c4*1-2-3-4-5;/h4*2-5H2,1H3;1H2. The molecule has 0 atom stereocenters. The van der Waals surface area contributed by atoms with E-state index in [1.807, 2.05) is 0 Å². The molecule has 0 unspecified atom stereocenters. The fourth-order valence-corrected chi connectivity index (χ4v) is 0.816. The van der Waals surface area contributed by atoms with Crippen LogP contribution in [0.3, 0.4) is 0 Å². The zero-order chi connectivity index (χ0) is 16.5. The molecule has 5 heteroatoms. The number of unbranched alkanes of at least 4 members (excludes halogenated alkanes) is 4. The first-order valence-electron chi connectivity index (χ1n) is 8.46. The first-order valence-corrected chi connectivity index (χ1v) is 8.46. The van der Waals surface area contributed by atoms with Crippen molar-refractivity contribution in [1.82, 2.24) is 0 Å². The molecule has 10 N–H and O–H groups in total. The van der Waals surface area contributed by atoms with Gasteiger partial charge in [0.2, 0.25) is 0 Å². The molecule has 0 spiro atoms. The van der Waals surface area contributed by atoms with Gasteiger partial charge in [-0.2, -0.15) is 0 Å². The Morgan fingerprint density at radius 2 is 0.571 bits per heavy atom. The fraction of sp³-hybridized carbons (Fsp3) is 1.00. The Hall–Kier alpha value is -0.200. The highest BCUT2D eigenvalue weighted by molar-refractivity contribution is 4.30. The van der Waals surface area contributed by atoms with Crippen molar-refractivity contribution in [3.8, 4) is 0 Å². The van der Waals surface area contributed by atoms with Gasteiger partial charge >= 0.3 is 0 Å². The summed E-state index contributed by atoms with van der Waals surface area (Å²) >= 11 is 0. The quantitative estimate of drug-likeness (QED) is 0.546. The molecule has 0 saturated carbocycles. The Bertz CT molecular complexity index is 74.3. The number of rotatable bonds is 8. The van der Waals surface area contributed by atoms with Gasteiger partial charge in [-0.15, -0.1) is 0 Å². The summed E-state index contributed by atoms with van der Waals surface area (Å²) < 4.78 is 0. The molecule has 0 aliphatic heterocycles. The Morgan fingerprint density at radius 3 is 0.571 bits per heavy atom. The summed E-state index contributed by atoms with van der Waals surface area (Å²) in [5.74, 6) is 0. The van der Waals surface area contributed by atoms with Crippen LogP contribution < -0.4 is 22.9 Å². The van der Waals surface area contributed by atoms with Crippen molar-refractivity contribution in [3.63, 3.8) is 0 Å². The Morgan fingerprint density at radius 1 is 0.429 bits per heavy atom. The van der Waals surface area contributed by atoms with Crippen molar-refractivity contribution in [2.24, 2.45) is 22.9 Å². The molecule has 0 aliphatic rings. The van der Waals surface area contributed by atoms with Crippen LogP contribution in [0.4, 0.5) is 0 Å². The Kier molecular flexibility index (Phi) is 78.2. The SMILES string of the molecule is CCCCN.CCCCN.CCCCN.CCCCN.O. The predicted octanol–water partition coefficient (Wildman–Crippen LogP) is 2.16. The van der Waals surface area contributed by atoms with Gasteiger partial charge < -0.3 is 28.4 Å². The minimum Gasteiger partial charge on any atom is -0.412 e. The fourth-order valence-electron chi connectivity index (χ4n) is 0.816. The van der Waals surface area contributed by atoms with Crippen LogP contribution in [0.25, 0.3) is 0 Å². The van der Waals surface area contributed by atoms with Gasteiger partial charge in [-0.25, -0.2) is 0 Å². The molecule has 0 saturated heterocycles. The third kappa shape index (κ3) is 103. The first-order chi connectivity index (χ1) is 9.66. The molecule has 0 aromatic rings. The zero-order valence-electron chi connectivity index (χ0n) is 15.3. The smallest absolute Gasteiger partial charge is 0.00774 e. The van der Waals surface area contributed by atoms with Crippen molar-refractivity contribution < 1.29 is 5.48 Å². The summed E-state index contributed by atoms with van der Waals surface area (Å²) in [6.07, 6.45) is 9.54. The van der Waals surface area contributed by atoms with E-state index in [9.17, 15) is 0 Å². The Labute approximate surface area is 134 Å². The van der Waals surface area contributed by atoms with Crippen molar-refractivity contribution in [1.29, 1.82) is 0 Å². The average Bonchev–Trinajstić information content (AvgIpc) is 2.44. The first kappa shape index (κ1) is 32.7. The molecule has 5 nitrogen and oxygen atoms in total. The lowest BCUT2D eigenvalue weighted by Crippen LogP contribution is -1.95. The van der Waals surface area contributed by atoms with Gasteiger partial charge in [0, 0.05) is 0 Å². The van der Waals surface area contributed by atoms with E-state index in [1.165, 1.54) is 51.4 Å². The highest BCUT2D eigenvalue weighted by Gasteiger charge is 1.69.